The molecule has 1 aromatic heterocycles. The minimum atomic E-state index is -0.495. The molecule has 0 amide bonds. The van der Waals surface area contributed by atoms with Gasteiger partial charge in [-0.2, -0.15) is 0 Å². The van der Waals surface area contributed by atoms with Crippen LogP contribution in [0.15, 0.2) is 11.4 Å². The standard InChI is InChI=1S/C16H23NO2S/c1-16(19)6-4-8-17(9-7-16)12-15-11-14(13-20-15)5-2-3-10-18/h11,13,18-19H,3-4,6-10,12H2,1H3. The monoisotopic (exact) mass is 293 g/mol. The van der Waals surface area contributed by atoms with Gasteiger partial charge in [0.1, 0.15) is 0 Å². The van der Waals surface area contributed by atoms with Crippen LogP contribution in [0, 0.1) is 11.8 Å². The van der Waals surface area contributed by atoms with Crippen LogP contribution in [-0.2, 0) is 6.54 Å². The summed E-state index contributed by atoms with van der Waals surface area (Å²) in [4.78, 5) is 3.73. The van der Waals surface area contributed by atoms with Crippen molar-refractivity contribution >= 4 is 11.3 Å². The van der Waals surface area contributed by atoms with Crippen molar-refractivity contribution in [2.24, 2.45) is 0 Å². The van der Waals surface area contributed by atoms with E-state index in [-0.39, 0.29) is 6.61 Å². The lowest BCUT2D eigenvalue weighted by atomic mass is 9.98. The van der Waals surface area contributed by atoms with Crippen molar-refractivity contribution in [1.29, 1.82) is 0 Å². The fourth-order valence-electron chi connectivity index (χ4n) is 2.45. The second-order valence-electron chi connectivity index (χ2n) is 5.70. The van der Waals surface area contributed by atoms with E-state index in [0.717, 1.165) is 44.5 Å². The van der Waals surface area contributed by atoms with Crippen LogP contribution in [0.1, 0.15) is 43.0 Å². The Morgan fingerprint density at radius 2 is 2.25 bits per heavy atom. The summed E-state index contributed by atoms with van der Waals surface area (Å²) in [5, 5.41) is 20.9. The van der Waals surface area contributed by atoms with Crippen LogP contribution in [0.5, 0.6) is 0 Å². The minimum absolute atomic E-state index is 0.123. The molecule has 1 atom stereocenters. The average Bonchev–Trinajstić information content (AvgIpc) is 2.76. The van der Waals surface area contributed by atoms with E-state index in [4.69, 9.17) is 5.11 Å². The Balaban J connectivity index is 1.89. The second kappa shape index (κ2) is 7.24. The third-order valence-electron chi connectivity index (χ3n) is 3.66. The molecule has 1 aromatic rings. The van der Waals surface area contributed by atoms with Gasteiger partial charge in [-0.3, -0.25) is 4.90 Å². The van der Waals surface area contributed by atoms with Crippen LogP contribution in [0.25, 0.3) is 0 Å². The van der Waals surface area contributed by atoms with Crippen LogP contribution >= 0.6 is 11.3 Å². The van der Waals surface area contributed by atoms with Gasteiger partial charge in [-0.05, 0) is 38.8 Å². The van der Waals surface area contributed by atoms with Crippen molar-refractivity contribution in [2.45, 2.75) is 44.8 Å². The predicted octanol–water partition coefficient (Wildman–Crippen LogP) is 2.22. The van der Waals surface area contributed by atoms with Crippen LogP contribution in [-0.4, -0.2) is 40.4 Å². The normalized spacial score (nSPS) is 23.9. The number of hydrogen-bond acceptors (Lipinski definition) is 4. The fourth-order valence-corrected chi connectivity index (χ4v) is 3.30. The van der Waals surface area contributed by atoms with Gasteiger partial charge in [-0.15, -0.1) is 11.3 Å². The summed E-state index contributed by atoms with van der Waals surface area (Å²) in [5.74, 6) is 6.02. The molecular formula is C16H23NO2S. The van der Waals surface area contributed by atoms with Crippen LogP contribution in [0.2, 0.25) is 0 Å². The first-order valence-corrected chi connectivity index (χ1v) is 8.09. The number of rotatable bonds is 3. The first-order chi connectivity index (χ1) is 9.59. The van der Waals surface area contributed by atoms with Gasteiger partial charge in [0.15, 0.2) is 0 Å². The van der Waals surface area contributed by atoms with E-state index >= 15 is 0 Å². The first-order valence-electron chi connectivity index (χ1n) is 7.21. The lowest BCUT2D eigenvalue weighted by Gasteiger charge is -2.21. The zero-order chi connectivity index (χ0) is 14.4. The molecule has 20 heavy (non-hydrogen) atoms. The molecule has 0 aromatic carbocycles. The number of likely N-dealkylation sites (tertiary alicyclic amines) is 1. The van der Waals surface area contributed by atoms with Crippen LogP contribution in [0.4, 0.5) is 0 Å². The summed E-state index contributed by atoms with van der Waals surface area (Å²) < 4.78 is 0. The molecule has 1 aliphatic heterocycles. The van der Waals surface area contributed by atoms with Gasteiger partial charge >= 0.3 is 0 Å². The molecule has 1 fully saturated rings. The van der Waals surface area contributed by atoms with Crippen molar-refractivity contribution in [3.63, 3.8) is 0 Å². The van der Waals surface area contributed by atoms with Gasteiger partial charge < -0.3 is 10.2 Å². The minimum Gasteiger partial charge on any atom is -0.395 e. The second-order valence-corrected chi connectivity index (χ2v) is 6.70. The van der Waals surface area contributed by atoms with E-state index in [0.29, 0.717) is 6.42 Å². The summed E-state index contributed by atoms with van der Waals surface area (Å²) in [7, 11) is 0. The zero-order valence-corrected chi connectivity index (χ0v) is 12.9. The molecule has 3 nitrogen and oxygen atoms in total. The van der Waals surface area contributed by atoms with Crippen LogP contribution in [0.3, 0.4) is 0 Å². The molecular weight excluding hydrogens is 270 g/mol. The maximum absolute atomic E-state index is 10.1. The highest BCUT2D eigenvalue weighted by Gasteiger charge is 2.24. The summed E-state index contributed by atoms with van der Waals surface area (Å²) in [6.45, 7) is 5.02. The van der Waals surface area contributed by atoms with E-state index in [1.165, 1.54) is 4.88 Å². The first kappa shape index (κ1) is 15.5. The molecule has 0 spiro atoms. The topological polar surface area (TPSA) is 43.7 Å². The Hall–Kier alpha value is -0.860. The Bertz CT molecular complexity index is 484. The van der Waals surface area contributed by atoms with Gasteiger partial charge in [-0.1, -0.05) is 11.8 Å². The predicted molar refractivity (Wildman–Crippen MR) is 82.7 cm³/mol. The third-order valence-corrected chi connectivity index (χ3v) is 4.58. The molecule has 1 saturated heterocycles. The highest BCUT2D eigenvalue weighted by molar-refractivity contribution is 7.10. The summed E-state index contributed by atoms with van der Waals surface area (Å²) >= 11 is 1.74. The Labute approximate surface area is 125 Å². The summed E-state index contributed by atoms with van der Waals surface area (Å²) in [5.41, 5.74) is 0.547. The largest absolute Gasteiger partial charge is 0.395 e. The maximum Gasteiger partial charge on any atom is 0.0632 e. The van der Waals surface area contributed by atoms with Gasteiger partial charge in [0.2, 0.25) is 0 Å². The SMILES string of the molecule is CC1(O)CCCN(Cc2cc(C#CCCO)cs2)CC1. The third kappa shape index (κ3) is 4.92. The number of thiophene rings is 1. The molecule has 4 heteroatoms. The van der Waals surface area contributed by atoms with Gasteiger partial charge in [0.25, 0.3) is 0 Å². The molecule has 2 N–H and O–H groups in total. The van der Waals surface area contributed by atoms with Gasteiger partial charge in [0, 0.05) is 35.3 Å². The highest BCUT2D eigenvalue weighted by Crippen LogP contribution is 2.23. The molecule has 110 valence electrons. The van der Waals surface area contributed by atoms with Crippen molar-refractivity contribution in [2.75, 3.05) is 19.7 Å². The maximum atomic E-state index is 10.1. The Morgan fingerprint density at radius 3 is 3.05 bits per heavy atom. The number of hydrogen-bond donors (Lipinski definition) is 2. The lowest BCUT2D eigenvalue weighted by molar-refractivity contribution is 0.0444. The summed E-state index contributed by atoms with van der Waals surface area (Å²) in [6.07, 6.45) is 3.33. The van der Waals surface area contributed by atoms with E-state index in [1.54, 1.807) is 11.3 Å². The lowest BCUT2D eigenvalue weighted by Crippen LogP contribution is -2.27. The molecule has 1 aliphatic rings. The van der Waals surface area contributed by atoms with Gasteiger partial charge in [0.05, 0.1) is 12.2 Å². The zero-order valence-electron chi connectivity index (χ0n) is 12.1. The van der Waals surface area contributed by atoms with Crippen molar-refractivity contribution in [3.8, 4) is 11.8 Å². The Morgan fingerprint density at radius 1 is 1.40 bits per heavy atom. The molecule has 0 saturated carbocycles. The van der Waals surface area contributed by atoms with Crippen LogP contribution < -0.4 is 0 Å². The number of aliphatic hydroxyl groups excluding tert-OH is 1. The van der Waals surface area contributed by atoms with E-state index in [2.05, 4.69) is 28.2 Å². The number of nitrogens with zero attached hydrogens (tertiary/aromatic N) is 1. The highest BCUT2D eigenvalue weighted by atomic mass is 32.1. The molecule has 1 unspecified atom stereocenters. The molecule has 2 rings (SSSR count). The fraction of sp³-hybridized carbons (Fsp3) is 0.625. The number of aliphatic hydroxyl groups is 2. The van der Waals surface area contributed by atoms with E-state index in [9.17, 15) is 5.11 Å². The molecule has 0 bridgehead atoms. The van der Waals surface area contributed by atoms with Gasteiger partial charge in [-0.25, -0.2) is 0 Å². The smallest absolute Gasteiger partial charge is 0.0632 e. The van der Waals surface area contributed by atoms with Crippen molar-refractivity contribution in [1.82, 2.24) is 4.90 Å². The van der Waals surface area contributed by atoms with E-state index < -0.39 is 5.60 Å². The molecule has 0 radical (unpaired) electrons. The quantitative estimate of drug-likeness (QED) is 0.840. The van der Waals surface area contributed by atoms with E-state index in [1.807, 2.05) is 6.92 Å². The summed E-state index contributed by atoms with van der Waals surface area (Å²) in [6, 6.07) is 2.14. The van der Waals surface area contributed by atoms with Crippen molar-refractivity contribution < 1.29 is 10.2 Å². The van der Waals surface area contributed by atoms with Crippen molar-refractivity contribution in [3.05, 3.63) is 21.9 Å². The Kier molecular flexibility index (Phi) is 5.62. The average molecular weight is 293 g/mol. The molecule has 0 aliphatic carbocycles. The molecule has 2 heterocycles.